The first-order valence-corrected chi connectivity index (χ1v) is 7.01. The first-order chi connectivity index (χ1) is 9.08. The molecule has 0 saturated carbocycles. The molecule has 0 unspecified atom stereocenters. The van der Waals surface area contributed by atoms with Crippen molar-refractivity contribution in [3.63, 3.8) is 0 Å². The number of nitrogens with zero attached hydrogens (tertiary/aromatic N) is 1. The molecule has 1 fully saturated rings. The summed E-state index contributed by atoms with van der Waals surface area (Å²) in [5.41, 5.74) is 0.964. The Kier molecular flexibility index (Phi) is 4.77. The van der Waals surface area contributed by atoms with Gasteiger partial charge in [0, 0.05) is 32.2 Å². The number of halogens is 1. The van der Waals surface area contributed by atoms with Crippen molar-refractivity contribution in [2.24, 2.45) is 5.92 Å². The highest BCUT2D eigenvalue weighted by Crippen LogP contribution is 2.30. The van der Waals surface area contributed by atoms with Crippen LogP contribution >= 0.6 is 0 Å². The van der Waals surface area contributed by atoms with Crippen LogP contribution in [0.5, 0.6) is 5.75 Å². The molecule has 0 bridgehead atoms. The summed E-state index contributed by atoms with van der Waals surface area (Å²) in [4.78, 5) is 2.41. The van der Waals surface area contributed by atoms with Crippen molar-refractivity contribution in [2.75, 3.05) is 26.2 Å². The Morgan fingerprint density at radius 2 is 2.00 bits per heavy atom. The van der Waals surface area contributed by atoms with Crippen LogP contribution in [0.25, 0.3) is 0 Å². The molecule has 0 aromatic heterocycles. The number of benzene rings is 1. The minimum Gasteiger partial charge on any atom is -0.505 e. The van der Waals surface area contributed by atoms with Gasteiger partial charge < -0.3 is 10.4 Å². The summed E-state index contributed by atoms with van der Waals surface area (Å²) in [6.07, 6.45) is 1.00. The van der Waals surface area contributed by atoms with Crippen LogP contribution in [0, 0.1) is 11.7 Å². The number of rotatable bonds is 4. The summed E-state index contributed by atoms with van der Waals surface area (Å²) in [6.45, 7) is 8.31. The average molecular weight is 266 g/mol. The third-order valence-corrected chi connectivity index (χ3v) is 3.64. The number of aromatic hydroxyl groups is 1. The second-order valence-corrected chi connectivity index (χ2v) is 5.64. The van der Waals surface area contributed by atoms with Crippen molar-refractivity contribution in [1.29, 1.82) is 0 Å². The Morgan fingerprint density at radius 3 is 2.58 bits per heavy atom. The highest BCUT2D eigenvalue weighted by Gasteiger charge is 2.23. The number of hydrogen-bond donors (Lipinski definition) is 2. The van der Waals surface area contributed by atoms with E-state index < -0.39 is 5.82 Å². The summed E-state index contributed by atoms with van der Waals surface area (Å²) < 4.78 is 13.6. The van der Waals surface area contributed by atoms with Crippen LogP contribution in [0.4, 0.5) is 4.39 Å². The van der Waals surface area contributed by atoms with Gasteiger partial charge in [-0.25, -0.2) is 4.39 Å². The van der Waals surface area contributed by atoms with E-state index >= 15 is 0 Å². The van der Waals surface area contributed by atoms with Crippen LogP contribution in [0.2, 0.25) is 0 Å². The summed E-state index contributed by atoms with van der Waals surface area (Å²) in [5.74, 6) is -0.245. The lowest BCUT2D eigenvalue weighted by atomic mass is 9.95. The molecule has 0 aliphatic carbocycles. The molecule has 2 rings (SSSR count). The second kappa shape index (κ2) is 6.35. The van der Waals surface area contributed by atoms with Gasteiger partial charge in [-0.1, -0.05) is 19.9 Å². The first-order valence-electron chi connectivity index (χ1n) is 7.01. The molecule has 1 aromatic carbocycles. The fourth-order valence-corrected chi connectivity index (χ4v) is 2.67. The van der Waals surface area contributed by atoms with Crippen LogP contribution in [-0.4, -0.2) is 36.2 Å². The summed E-state index contributed by atoms with van der Waals surface area (Å²) in [6, 6.07) is 5.01. The van der Waals surface area contributed by atoms with Gasteiger partial charge in [0.05, 0.1) is 0 Å². The van der Waals surface area contributed by atoms with Gasteiger partial charge in [0.15, 0.2) is 11.6 Å². The second-order valence-electron chi connectivity index (χ2n) is 5.64. The van der Waals surface area contributed by atoms with Gasteiger partial charge in [0.2, 0.25) is 0 Å². The lowest BCUT2D eigenvalue weighted by molar-refractivity contribution is 0.153. The Morgan fingerprint density at radius 1 is 1.32 bits per heavy atom. The molecule has 19 heavy (non-hydrogen) atoms. The van der Waals surface area contributed by atoms with Crippen molar-refractivity contribution >= 4 is 0 Å². The molecule has 2 N–H and O–H groups in total. The molecule has 1 aliphatic rings. The van der Waals surface area contributed by atoms with E-state index in [2.05, 4.69) is 24.1 Å². The maximum atomic E-state index is 13.6. The monoisotopic (exact) mass is 266 g/mol. The van der Waals surface area contributed by atoms with E-state index in [1.807, 2.05) is 6.07 Å². The Labute approximate surface area is 114 Å². The zero-order valence-corrected chi connectivity index (χ0v) is 11.7. The van der Waals surface area contributed by atoms with Crippen LogP contribution in [-0.2, 0) is 0 Å². The molecule has 0 radical (unpaired) electrons. The fourth-order valence-electron chi connectivity index (χ4n) is 2.67. The molecule has 4 heteroatoms. The fraction of sp³-hybridized carbons (Fsp3) is 0.600. The van der Waals surface area contributed by atoms with Gasteiger partial charge in [0.25, 0.3) is 0 Å². The van der Waals surface area contributed by atoms with Crippen LogP contribution in [0.1, 0.15) is 31.9 Å². The molecule has 1 saturated heterocycles. The summed E-state index contributed by atoms with van der Waals surface area (Å²) in [5, 5.41) is 12.7. The van der Waals surface area contributed by atoms with Gasteiger partial charge in [0.1, 0.15) is 0 Å². The van der Waals surface area contributed by atoms with Crippen molar-refractivity contribution in [2.45, 2.75) is 26.3 Å². The van der Waals surface area contributed by atoms with E-state index in [0.29, 0.717) is 5.92 Å². The van der Waals surface area contributed by atoms with Crippen LogP contribution < -0.4 is 5.32 Å². The number of hydrogen-bond acceptors (Lipinski definition) is 3. The summed E-state index contributed by atoms with van der Waals surface area (Å²) >= 11 is 0. The van der Waals surface area contributed by atoms with E-state index in [9.17, 15) is 9.50 Å². The van der Waals surface area contributed by atoms with Crippen LogP contribution in [0.15, 0.2) is 18.2 Å². The molecular weight excluding hydrogens is 243 g/mol. The first kappa shape index (κ1) is 14.3. The zero-order chi connectivity index (χ0) is 13.8. The predicted molar refractivity (Wildman–Crippen MR) is 74.7 cm³/mol. The normalized spacial score (nSPS) is 18.7. The number of nitrogens with one attached hydrogen (secondary N) is 1. The minimum atomic E-state index is -0.526. The van der Waals surface area contributed by atoms with Gasteiger partial charge >= 0.3 is 0 Å². The Bertz CT molecular complexity index is 417. The minimum absolute atomic E-state index is 0.234. The largest absolute Gasteiger partial charge is 0.505 e. The van der Waals surface area contributed by atoms with Gasteiger partial charge in [-0.2, -0.15) is 0 Å². The van der Waals surface area contributed by atoms with Crippen molar-refractivity contribution < 1.29 is 9.50 Å². The smallest absolute Gasteiger partial charge is 0.165 e. The molecule has 1 aromatic rings. The van der Waals surface area contributed by atoms with Crippen LogP contribution in [0.3, 0.4) is 0 Å². The standard InChI is InChI=1S/C15H23FN2O/c1-11(2)9-14(18-7-5-17-6-8-18)12-3-4-15(19)13(16)10-12/h3-4,10-11,14,17,19H,5-9H2,1-2H3/t14-/m0/s1. The molecule has 106 valence electrons. The topological polar surface area (TPSA) is 35.5 Å². The van der Waals surface area contributed by atoms with Gasteiger partial charge in [-0.05, 0) is 30.0 Å². The predicted octanol–water partition coefficient (Wildman–Crippen LogP) is 2.52. The third-order valence-electron chi connectivity index (χ3n) is 3.64. The van der Waals surface area contributed by atoms with Crippen molar-refractivity contribution in [3.8, 4) is 5.75 Å². The number of phenols is 1. The van der Waals surface area contributed by atoms with E-state index in [4.69, 9.17) is 0 Å². The number of phenolic OH excluding ortho intramolecular Hbond substituents is 1. The van der Waals surface area contributed by atoms with Gasteiger partial charge in [-0.3, -0.25) is 4.90 Å². The quantitative estimate of drug-likeness (QED) is 0.879. The van der Waals surface area contributed by atoms with Crippen molar-refractivity contribution in [1.82, 2.24) is 10.2 Å². The Hall–Kier alpha value is -1.13. The molecule has 1 heterocycles. The van der Waals surface area contributed by atoms with E-state index in [1.54, 1.807) is 0 Å². The van der Waals surface area contributed by atoms with E-state index in [-0.39, 0.29) is 11.8 Å². The molecule has 0 amide bonds. The zero-order valence-electron chi connectivity index (χ0n) is 11.7. The molecular formula is C15H23FN2O. The third kappa shape index (κ3) is 3.67. The van der Waals surface area contributed by atoms with E-state index in [0.717, 1.165) is 38.2 Å². The highest BCUT2D eigenvalue weighted by molar-refractivity contribution is 5.30. The molecule has 3 nitrogen and oxygen atoms in total. The van der Waals surface area contributed by atoms with E-state index in [1.165, 1.54) is 12.1 Å². The molecule has 1 atom stereocenters. The lowest BCUT2D eigenvalue weighted by Gasteiger charge is -2.36. The SMILES string of the molecule is CC(C)C[C@@H](c1ccc(O)c(F)c1)N1CCNCC1. The maximum absolute atomic E-state index is 13.6. The Balaban J connectivity index is 2.22. The van der Waals surface area contributed by atoms with Crippen molar-refractivity contribution in [3.05, 3.63) is 29.6 Å². The maximum Gasteiger partial charge on any atom is 0.165 e. The molecule has 1 aliphatic heterocycles. The number of piperazine rings is 1. The average Bonchev–Trinajstić information content (AvgIpc) is 2.40. The lowest BCUT2D eigenvalue weighted by Crippen LogP contribution is -2.45. The van der Waals surface area contributed by atoms with Gasteiger partial charge in [-0.15, -0.1) is 0 Å². The molecule has 0 spiro atoms. The summed E-state index contributed by atoms with van der Waals surface area (Å²) in [7, 11) is 0. The highest BCUT2D eigenvalue weighted by atomic mass is 19.1.